The number of carbonyl (C=O) groups excluding carboxylic acids is 1. The van der Waals surface area contributed by atoms with E-state index in [4.69, 9.17) is 15.0 Å². The summed E-state index contributed by atoms with van der Waals surface area (Å²) in [5.74, 6) is 0. The number of carbonyl (C=O) groups is 1. The van der Waals surface area contributed by atoms with E-state index in [0.29, 0.717) is 0 Å². The molecule has 32 heavy (non-hydrogen) atoms. The van der Waals surface area contributed by atoms with Gasteiger partial charge < -0.3 is 125 Å². The summed E-state index contributed by atoms with van der Waals surface area (Å²) >= 11 is 0. The Morgan fingerprint density at radius 2 is 0.312 bits per heavy atom. The van der Waals surface area contributed by atoms with Crippen molar-refractivity contribution in [3.63, 3.8) is 0 Å². The molecule has 0 amide bonds. The van der Waals surface area contributed by atoms with Crippen LogP contribution >= 0.6 is 0 Å². The molecule has 0 saturated carbocycles. The van der Waals surface area contributed by atoms with Gasteiger partial charge in [-0.25, -0.2) is 0 Å². The summed E-state index contributed by atoms with van der Waals surface area (Å²) in [6, 6.07) is 0. The Balaban J connectivity index is -0.000000000119. The molecule has 0 aromatic carbocycles. The van der Waals surface area contributed by atoms with E-state index < -0.39 is 6.16 Å². The van der Waals surface area contributed by atoms with Gasteiger partial charge in [0.25, 0.3) is 0 Å². The summed E-state index contributed by atoms with van der Waals surface area (Å²) in [7, 11) is 0. The minimum absolute atomic E-state index is 0. The predicted molar refractivity (Wildman–Crippen MR) is 117 cm³/mol. The molecule has 23 nitrogen and oxygen atoms in total. The van der Waals surface area contributed by atoms with Crippen LogP contribution in [0, 0.1) is 0 Å². The van der Waals surface area contributed by atoms with Crippen LogP contribution in [-0.4, -0.2) is 289 Å². The molecular formula is CH36Al2Mg6O23+6. The molecule has 0 aliphatic carbocycles. The van der Waals surface area contributed by atoms with Gasteiger partial charge in [0.15, 0.2) is 0 Å². The number of rotatable bonds is 0. The van der Waals surface area contributed by atoms with Crippen LogP contribution in [0.25, 0.3) is 0 Å². The second-order valence-corrected chi connectivity index (χ2v) is 0.250. The van der Waals surface area contributed by atoms with Crippen LogP contribution in [0.1, 0.15) is 0 Å². The summed E-state index contributed by atoms with van der Waals surface area (Å²) in [5.41, 5.74) is 0. The van der Waals surface area contributed by atoms with E-state index in [1.165, 1.54) is 0 Å². The van der Waals surface area contributed by atoms with Gasteiger partial charge >= 0.3 is 138 Å². The Hall–Kier alpha value is 4.13. The third-order valence-corrected chi connectivity index (χ3v) is 0. The van der Waals surface area contributed by atoms with E-state index >= 15 is 0 Å². The molecule has 36 N–H and O–H groups in total. The maximum atomic E-state index is 8.33. The maximum absolute atomic E-state index is 8.33. The van der Waals surface area contributed by atoms with Crippen LogP contribution in [-0.2, 0) is 0 Å². The fraction of sp³-hybridized carbons (Fsp3) is 0. The Morgan fingerprint density at radius 1 is 0.312 bits per heavy atom. The molecule has 0 fully saturated rings. The van der Waals surface area contributed by atoms with Crippen molar-refractivity contribution in [1.82, 2.24) is 0 Å². The molecular weight excluding hydrogens is 580 g/mol. The van der Waals surface area contributed by atoms with Crippen molar-refractivity contribution in [2.75, 3.05) is 0 Å². The van der Waals surface area contributed by atoms with Gasteiger partial charge in [0.2, 0.25) is 0 Å². The van der Waals surface area contributed by atoms with Gasteiger partial charge in [-0.05, 0) is 6.16 Å². The van der Waals surface area contributed by atoms with Crippen molar-refractivity contribution in [2.24, 2.45) is 0 Å². The van der Waals surface area contributed by atoms with Crippen LogP contribution in [0.2, 0.25) is 0 Å². The van der Waals surface area contributed by atoms with E-state index in [0.717, 1.165) is 0 Å². The molecule has 0 heterocycles. The zero-order valence-corrected chi connectivity index (χ0v) is 27.7. The molecule has 190 valence electrons. The Bertz CT molecular complexity index is 61.5. The quantitative estimate of drug-likeness (QED) is 0.236. The first-order valence-electron chi connectivity index (χ1n) is 0.612. The topological polar surface area (TPSA) is 687 Å². The average Bonchev–Trinajstić information content (AvgIpc) is 0.811. The molecule has 0 rings (SSSR count). The molecule has 0 aromatic rings. The van der Waals surface area contributed by atoms with Crippen LogP contribution < -0.4 is 10.2 Å². The van der Waals surface area contributed by atoms with Crippen molar-refractivity contribution in [3.05, 3.63) is 0 Å². The monoisotopic (exact) mass is 614 g/mol. The normalized spacial score (nSPS) is 0.750. The number of hydrogen-bond donors (Lipinski definition) is 0. The largest absolute Gasteiger partial charge is 2.00 e. The van der Waals surface area contributed by atoms with E-state index in [1.807, 2.05) is 0 Å². The smallest absolute Gasteiger partial charge is 0.870 e. The van der Waals surface area contributed by atoms with Crippen molar-refractivity contribution in [1.29, 1.82) is 0 Å². The third kappa shape index (κ3) is 2190. The van der Waals surface area contributed by atoms with Gasteiger partial charge in [-0.3, -0.25) is 0 Å². The number of carboxylic acid groups (broad SMARTS) is 2. The zero-order valence-electron chi connectivity index (χ0n) is 16.9. The molecule has 0 saturated heterocycles. The molecule has 0 aliphatic heterocycles. The van der Waals surface area contributed by atoms with E-state index in [-0.39, 0.29) is 283 Å². The van der Waals surface area contributed by atoms with Gasteiger partial charge in [-0.15, -0.1) is 0 Å². The minimum atomic E-state index is -2.33. The molecule has 0 atom stereocenters. The Labute approximate surface area is 299 Å². The van der Waals surface area contributed by atoms with Gasteiger partial charge in [0, 0.05) is 34.7 Å². The van der Waals surface area contributed by atoms with Gasteiger partial charge in [0.05, 0.1) is 0 Å². The summed E-state index contributed by atoms with van der Waals surface area (Å²) < 4.78 is 0. The van der Waals surface area contributed by atoms with Crippen molar-refractivity contribution in [3.8, 4) is 0 Å². The van der Waals surface area contributed by atoms with Crippen LogP contribution in [0.4, 0.5) is 4.79 Å². The van der Waals surface area contributed by atoms with Crippen LogP contribution in [0.5, 0.6) is 0 Å². The standard InChI is InChI=1S/CH2O3.2Al.6Mg.20H2O/c2-1(3)4;;;;;;;;;;;;;;;;;;;;;;;;;;;;/h(H2,2,3,4);;;;;;;;;20*1H2/q;;;6*+2;;;;;;;;;;;;;;;;;;;;/p-6. The SMILES string of the molecule is O.O.O.O.O.O.O.O.O.O.O.O.O.O.O.O.O=C([O-])[O-].[Al].[Al].[Mg+2].[Mg+2].[Mg+2].[Mg+2].[Mg+2].[Mg+2].[OH-].[OH-].[OH-].[OH-]. The van der Waals surface area contributed by atoms with Crippen molar-refractivity contribution in [2.45, 2.75) is 0 Å². The zero-order chi connectivity index (χ0) is 3.58. The molecule has 31 heteroatoms. The molecule has 0 aromatic heterocycles. The van der Waals surface area contributed by atoms with E-state index in [1.54, 1.807) is 0 Å². The fourth-order valence-electron chi connectivity index (χ4n) is 0. The van der Waals surface area contributed by atoms with Crippen molar-refractivity contribution >= 4 is 179 Å². The Kier molecular flexibility index (Phi) is 22000. The second-order valence-electron chi connectivity index (χ2n) is 0.250. The van der Waals surface area contributed by atoms with Gasteiger partial charge in [0.1, 0.15) is 0 Å². The summed E-state index contributed by atoms with van der Waals surface area (Å²) in [5, 5.41) is 16.7. The number of hydrogen-bond acceptors (Lipinski definition) is 7. The average molecular weight is 616 g/mol. The third-order valence-electron chi connectivity index (χ3n) is 0. The molecule has 0 unspecified atom stereocenters. The first kappa shape index (κ1) is 877. The first-order chi connectivity index (χ1) is 1.73. The summed E-state index contributed by atoms with van der Waals surface area (Å²) in [4.78, 5) is 8.33. The molecule has 0 aliphatic rings. The maximum Gasteiger partial charge on any atom is 2.00 e. The molecule has 6 radical (unpaired) electrons. The summed E-state index contributed by atoms with van der Waals surface area (Å²) in [6.07, 6.45) is -2.33. The molecule has 0 spiro atoms. The van der Waals surface area contributed by atoms with Crippen LogP contribution in [0.15, 0.2) is 0 Å². The van der Waals surface area contributed by atoms with Crippen molar-refractivity contribution < 1.29 is 125 Å². The predicted octanol–water partition coefficient (Wildman–Crippen LogP) is -19.4. The second kappa shape index (κ2) is 805. The van der Waals surface area contributed by atoms with E-state index in [9.17, 15) is 0 Å². The van der Waals surface area contributed by atoms with E-state index in [2.05, 4.69) is 0 Å². The van der Waals surface area contributed by atoms with Gasteiger partial charge in [-0.1, -0.05) is 0 Å². The molecule has 0 bridgehead atoms. The summed E-state index contributed by atoms with van der Waals surface area (Å²) in [6.45, 7) is 0. The van der Waals surface area contributed by atoms with Gasteiger partial charge in [-0.2, -0.15) is 0 Å². The fourth-order valence-corrected chi connectivity index (χ4v) is 0. The first-order valence-corrected chi connectivity index (χ1v) is 0.612. The van der Waals surface area contributed by atoms with Crippen LogP contribution in [0.3, 0.4) is 0 Å². The Morgan fingerprint density at radius 3 is 0.312 bits per heavy atom. The minimum Gasteiger partial charge on any atom is -0.870 e.